The molecule has 3 aliphatic rings. The van der Waals surface area contributed by atoms with Crippen molar-refractivity contribution in [2.75, 3.05) is 20.2 Å². The maximum absolute atomic E-state index is 12.7. The Hall–Kier alpha value is -1.09. The number of ether oxygens (including phenoxy) is 1. The predicted molar refractivity (Wildman–Crippen MR) is 102 cm³/mol. The Morgan fingerprint density at radius 3 is 2.41 bits per heavy atom. The summed E-state index contributed by atoms with van der Waals surface area (Å²) in [5.74, 6) is -0.0693. The first-order valence-corrected chi connectivity index (χ1v) is 13.2. The second-order valence-corrected chi connectivity index (χ2v) is 11.2. The van der Waals surface area contributed by atoms with Gasteiger partial charge in [-0.3, -0.25) is 9.32 Å². The van der Waals surface area contributed by atoms with Crippen molar-refractivity contribution in [1.29, 1.82) is 0 Å². The summed E-state index contributed by atoms with van der Waals surface area (Å²) in [5.41, 5.74) is 0.203. The highest BCUT2D eigenvalue weighted by Crippen LogP contribution is 2.66. The number of fused-ring (bicyclic) bond motifs is 1. The Kier molecular flexibility index (Phi) is 7.12. The molecule has 0 aromatic heterocycles. The molecule has 6 N–H and O–H groups in total. The van der Waals surface area contributed by atoms with Gasteiger partial charge in [-0.05, 0) is 0 Å². The molecule has 0 aliphatic carbocycles. The molecule has 0 spiro atoms. The number of ketones is 1. The van der Waals surface area contributed by atoms with Crippen LogP contribution in [0, 0.1) is 0 Å². The molecule has 180 valence electrons. The number of hydrogen-bond acceptors (Lipinski definition) is 12. The van der Waals surface area contributed by atoms with E-state index in [9.17, 15) is 33.6 Å². The highest BCUT2D eigenvalue weighted by Gasteiger charge is 2.49. The van der Waals surface area contributed by atoms with E-state index in [0.29, 0.717) is 12.4 Å². The molecule has 19 heteroatoms. The van der Waals surface area contributed by atoms with E-state index in [1.54, 1.807) is 18.0 Å². The smallest absolute Gasteiger partial charge is 0.387 e. The Bertz CT molecular complexity index is 1030. The van der Waals surface area contributed by atoms with Gasteiger partial charge in [0.05, 0.1) is 17.8 Å². The summed E-state index contributed by atoms with van der Waals surface area (Å²) in [7, 11) is -15.0. The summed E-state index contributed by atoms with van der Waals surface area (Å²) >= 11 is 0. The number of phosphoric ester groups is 1. The molecule has 32 heavy (non-hydrogen) atoms. The van der Waals surface area contributed by atoms with Gasteiger partial charge in [-0.2, -0.15) is 8.62 Å². The summed E-state index contributed by atoms with van der Waals surface area (Å²) in [6.45, 7) is -0.541. The third-order valence-electron chi connectivity index (χ3n) is 4.49. The van der Waals surface area contributed by atoms with Crippen molar-refractivity contribution in [3.8, 4) is 0 Å². The lowest BCUT2D eigenvalue weighted by atomic mass is 9.94. The molecule has 3 heterocycles. The van der Waals surface area contributed by atoms with Gasteiger partial charge in [0.1, 0.15) is 30.3 Å². The third kappa shape index (κ3) is 5.69. The van der Waals surface area contributed by atoms with Crippen molar-refractivity contribution < 1.29 is 66.2 Å². The quantitative estimate of drug-likeness (QED) is 0.201. The van der Waals surface area contributed by atoms with Crippen LogP contribution >= 0.6 is 23.5 Å². The number of aliphatic hydroxyl groups is 2. The summed E-state index contributed by atoms with van der Waals surface area (Å²) in [5, 5.41) is 20.4. The predicted octanol–water partition coefficient (Wildman–Crippen LogP) is -1.44. The standard InChI is InChI=1S/C13H19N2O14P3/c1-15-3-2-6-9(16)7(4-14-13(6)15)12-11(18)10(17)8(27-12)5-26-31(22,23)29-32(24,25)28-30(19,20)21/h2,4,8,10-12,17-18H,3,5H2,1H3,(H,22,23)(H,24,25)(H2,19,20,21)/t8-,10-,11-,12-/m1/s1. The lowest BCUT2D eigenvalue weighted by Crippen LogP contribution is -2.37. The topological polar surface area (TPSA) is 242 Å². The summed E-state index contributed by atoms with van der Waals surface area (Å²) in [4.78, 5) is 54.2. The van der Waals surface area contributed by atoms with Crippen LogP contribution in [0.25, 0.3) is 0 Å². The Morgan fingerprint density at radius 2 is 1.78 bits per heavy atom. The van der Waals surface area contributed by atoms with E-state index in [4.69, 9.17) is 19.4 Å². The van der Waals surface area contributed by atoms with Gasteiger partial charge in [0.25, 0.3) is 0 Å². The van der Waals surface area contributed by atoms with E-state index in [1.807, 2.05) is 0 Å². The van der Waals surface area contributed by atoms with E-state index in [1.165, 1.54) is 6.20 Å². The fourth-order valence-electron chi connectivity index (χ4n) is 3.14. The molecule has 3 rings (SSSR count). The largest absolute Gasteiger partial charge is 0.490 e. The van der Waals surface area contributed by atoms with Crippen molar-refractivity contribution in [2.24, 2.45) is 4.99 Å². The second kappa shape index (κ2) is 8.93. The normalized spacial score (nSPS) is 32.0. The summed E-state index contributed by atoms with van der Waals surface area (Å²) in [6, 6.07) is 0. The van der Waals surface area contributed by atoms with Gasteiger partial charge in [-0.1, -0.05) is 6.08 Å². The fourth-order valence-corrected chi connectivity index (χ4v) is 6.17. The van der Waals surface area contributed by atoms with Crippen LogP contribution in [0.2, 0.25) is 0 Å². The first kappa shape index (κ1) is 25.5. The van der Waals surface area contributed by atoms with Crippen LogP contribution in [-0.4, -0.2) is 90.9 Å². The average molecular weight is 520 g/mol. The van der Waals surface area contributed by atoms with Gasteiger partial charge in [0.15, 0.2) is 5.78 Å². The van der Waals surface area contributed by atoms with Gasteiger partial charge in [-0.15, -0.1) is 0 Å². The molecule has 0 amide bonds. The number of hydrogen-bond donors (Lipinski definition) is 6. The number of phosphoric acid groups is 3. The molecule has 0 saturated carbocycles. The first-order chi connectivity index (χ1) is 14.6. The number of rotatable bonds is 8. The minimum atomic E-state index is -5.71. The Balaban J connectivity index is 1.66. The van der Waals surface area contributed by atoms with Crippen molar-refractivity contribution in [3.05, 3.63) is 23.4 Å². The van der Waals surface area contributed by atoms with Crippen molar-refractivity contribution in [3.63, 3.8) is 0 Å². The Labute approximate surface area is 179 Å². The van der Waals surface area contributed by atoms with Crippen LogP contribution in [0.4, 0.5) is 0 Å². The number of aliphatic hydroxyl groups excluding tert-OH is 2. The minimum absolute atomic E-state index is 0.0808. The van der Waals surface area contributed by atoms with Crippen LogP contribution in [-0.2, 0) is 36.4 Å². The number of carbonyl (C=O) groups is 1. The molecule has 3 aliphatic heterocycles. The average Bonchev–Trinajstić information content (AvgIpc) is 3.13. The second-order valence-electron chi connectivity index (χ2n) is 6.83. The lowest BCUT2D eigenvalue weighted by molar-refractivity contribution is -0.113. The first-order valence-electron chi connectivity index (χ1n) is 8.64. The highest BCUT2D eigenvalue weighted by atomic mass is 31.3. The zero-order chi connectivity index (χ0) is 24.1. The van der Waals surface area contributed by atoms with E-state index < -0.39 is 60.3 Å². The lowest BCUT2D eigenvalue weighted by Gasteiger charge is -2.22. The maximum Gasteiger partial charge on any atom is 0.490 e. The van der Waals surface area contributed by atoms with E-state index in [0.717, 1.165) is 0 Å². The molecule has 1 saturated heterocycles. The molecule has 2 unspecified atom stereocenters. The zero-order valence-electron chi connectivity index (χ0n) is 16.1. The van der Waals surface area contributed by atoms with Gasteiger partial charge < -0.3 is 39.4 Å². The molecule has 16 nitrogen and oxygen atoms in total. The van der Waals surface area contributed by atoms with E-state index in [2.05, 4.69) is 18.1 Å². The van der Waals surface area contributed by atoms with Crippen LogP contribution in [0.5, 0.6) is 0 Å². The molecule has 0 radical (unpaired) electrons. The van der Waals surface area contributed by atoms with E-state index in [-0.39, 0.29) is 11.1 Å². The molecule has 0 aromatic rings. The number of aliphatic imine (C=N–C) groups is 1. The third-order valence-corrected chi connectivity index (χ3v) is 8.29. The zero-order valence-corrected chi connectivity index (χ0v) is 18.7. The van der Waals surface area contributed by atoms with Crippen LogP contribution in [0.1, 0.15) is 0 Å². The van der Waals surface area contributed by atoms with Gasteiger partial charge in [0.2, 0.25) is 0 Å². The molecule has 1 fully saturated rings. The summed E-state index contributed by atoms with van der Waals surface area (Å²) in [6.07, 6.45) is -3.45. The SMILES string of the molecule is CN1CC=C2C(=O)C([C@H]3O[C@H](COP(=O)(O)OP(=O)(O)OP(=O)(O)O)[C@@H](O)[C@H]3O)=CN=C21. The number of amidine groups is 1. The molecule has 0 bridgehead atoms. The number of likely N-dealkylation sites (N-methyl/N-ethyl adjacent to an activating group) is 1. The van der Waals surface area contributed by atoms with Crippen molar-refractivity contribution in [2.45, 2.75) is 24.4 Å². The molecular weight excluding hydrogens is 501 g/mol. The summed E-state index contributed by atoms with van der Waals surface area (Å²) < 4.78 is 50.7. The van der Waals surface area contributed by atoms with Crippen molar-refractivity contribution >= 4 is 35.1 Å². The number of nitrogens with zero attached hydrogens (tertiary/aromatic N) is 2. The minimum Gasteiger partial charge on any atom is -0.387 e. The maximum atomic E-state index is 12.7. The molecule has 0 aromatic carbocycles. The molecular formula is C13H19N2O14P3. The molecule has 6 atom stereocenters. The van der Waals surface area contributed by atoms with Crippen LogP contribution < -0.4 is 0 Å². The monoisotopic (exact) mass is 520 g/mol. The van der Waals surface area contributed by atoms with Gasteiger partial charge in [-0.25, -0.2) is 18.7 Å². The van der Waals surface area contributed by atoms with Crippen LogP contribution in [0.15, 0.2) is 28.4 Å². The van der Waals surface area contributed by atoms with E-state index >= 15 is 0 Å². The van der Waals surface area contributed by atoms with Gasteiger partial charge in [0, 0.05) is 19.8 Å². The van der Waals surface area contributed by atoms with Crippen molar-refractivity contribution in [1.82, 2.24) is 4.90 Å². The number of Topliss-reactive ketones (excluding diaryl/α,β-unsaturated/α-hetero) is 1. The highest BCUT2D eigenvalue weighted by molar-refractivity contribution is 7.66. The Morgan fingerprint density at radius 1 is 1.12 bits per heavy atom. The number of carbonyl (C=O) groups excluding carboxylic acids is 1. The fraction of sp³-hybridized carbons (Fsp3) is 0.538. The van der Waals surface area contributed by atoms with Gasteiger partial charge >= 0.3 is 23.5 Å². The van der Waals surface area contributed by atoms with Crippen LogP contribution in [0.3, 0.4) is 0 Å².